The molecule has 33 heavy (non-hydrogen) atoms. The van der Waals surface area contributed by atoms with Crippen molar-refractivity contribution in [3.8, 4) is 0 Å². The van der Waals surface area contributed by atoms with Crippen LogP contribution in [0, 0.1) is 13.8 Å². The van der Waals surface area contributed by atoms with Crippen LogP contribution in [0.2, 0.25) is 5.02 Å². The second-order valence-electron chi connectivity index (χ2n) is 7.77. The lowest BCUT2D eigenvalue weighted by Crippen LogP contribution is -2.21. The zero-order valence-electron chi connectivity index (χ0n) is 18.8. The molecule has 2 amide bonds. The number of nitrogens with zero attached hydrogens (tertiary/aromatic N) is 1. The fourth-order valence-electron chi connectivity index (χ4n) is 3.31. The quantitative estimate of drug-likeness (QED) is 0.308. The molecule has 3 aromatic rings. The zero-order valence-corrected chi connectivity index (χ0v) is 20.4. The van der Waals surface area contributed by atoms with E-state index >= 15 is 0 Å². The summed E-state index contributed by atoms with van der Waals surface area (Å²) in [6.45, 7) is 5.95. The lowest BCUT2D eigenvalue weighted by Gasteiger charge is -2.08. The smallest absolute Gasteiger partial charge is 0.255 e. The number of hydrogen-bond acceptors (Lipinski definition) is 4. The van der Waals surface area contributed by atoms with Crippen LogP contribution < -0.4 is 10.7 Å². The molecule has 0 aliphatic carbocycles. The van der Waals surface area contributed by atoms with Crippen LogP contribution in [0.4, 0.5) is 5.69 Å². The van der Waals surface area contributed by atoms with Crippen LogP contribution in [0.15, 0.2) is 71.8 Å². The minimum Gasteiger partial charge on any atom is -0.322 e. The number of rotatable bonds is 8. The Labute approximate surface area is 203 Å². The molecule has 3 rings (SSSR count). The van der Waals surface area contributed by atoms with Crippen LogP contribution in [-0.4, -0.2) is 23.3 Å². The van der Waals surface area contributed by atoms with Gasteiger partial charge in [0, 0.05) is 22.0 Å². The first-order chi connectivity index (χ1) is 15.8. The molecule has 0 saturated heterocycles. The molecular formula is C26H26ClN3O2S. The predicted molar refractivity (Wildman–Crippen MR) is 138 cm³/mol. The molecule has 0 unspecified atom stereocenters. The van der Waals surface area contributed by atoms with Crippen LogP contribution in [0.3, 0.4) is 0 Å². The average molecular weight is 480 g/mol. The Balaban J connectivity index is 1.53. The molecule has 7 heteroatoms. The van der Waals surface area contributed by atoms with Gasteiger partial charge in [0.1, 0.15) is 0 Å². The van der Waals surface area contributed by atoms with Gasteiger partial charge in [-0.3, -0.25) is 9.59 Å². The Hall–Kier alpha value is -3.09. The number of carbonyl (C=O) groups excluding carboxylic acids is 2. The summed E-state index contributed by atoms with van der Waals surface area (Å²) in [4.78, 5) is 24.6. The fraction of sp³-hybridized carbons (Fsp3) is 0.192. The van der Waals surface area contributed by atoms with Gasteiger partial charge in [-0.1, -0.05) is 59.1 Å². The molecule has 0 atom stereocenters. The molecule has 0 bridgehead atoms. The number of thioether (sulfide) groups is 1. The Morgan fingerprint density at radius 3 is 2.36 bits per heavy atom. The lowest BCUT2D eigenvalue weighted by atomic mass is 10.1. The molecular weight excluding hydrogens is 454 g/mol. The summed E-state index contributed by atoms with van der Waals surface area (Å²) in [5.74, 6) is 0.680. The molecule has 5 nitrogen and oxygen atoms in total. The highest BCUT2D eigenvalue weighted by atomic mass is 35.5. The highest BCUT2D eigenvalue weighted by Gasteiger charge is 2.08. The number of hydrogen-bond donors (Lipinski definition) is 2. The second kappa shape index (κ2) is 11.7. The number of halogens is 1. The zero-order chi connectivity index (χ0) is 23.8. The Morgan fingerprint density at radius 1 is 0.939 bits per heavy atom. The number of benzene rings is 3. The molecule has 3 aromatic carbocycles. The van der Waals surface area contributed by atoms with Gasteiger partial charge in [0.05, 0.1) is 11.5 Å². The van der Waals surface area contributed by atoms with Gasteiger partial charge in [-0.2, -0.15) is 5.10 Å². The maximum Gasteiger partial charge on any atom is 0.255 e. The number of amides is 2. The fourth-order valence-corrected chi connectivity index (χ4v) is 4.26. The number of aryl methyl sites for hydroxylation is 2. The number of nitrogens with one attached hydrogen (secondary N) is 2. The SMILES string of the molecule is C/C(=N\NC(=O)CSCc1cc(C)cc(C)c1)c1cccc(NC(=O)c2cccc(Cl)c2)c1. The Bertz CT molecular complexity index is 1170. The van der Waals surface area contributed by atoms with E-state index in [2.05, 4.69) is 47.9 Å². The van der Waals surface area contributed by atoms with E-state index in [1.807, 2.05) is 18.2 Å². The van der Waals surface area contributed by atoms with Crippen LogP contribution in [0.1, 0.15) is 39.5 Å². The lowest BCUT2D eigenvalue weighted by molar-refractivity contribution is -0.118. The van der Waals surface area contributed by atoms with Crippen LogP contribution in [0.5, 0.6) is 0 Å². The summed E-state index contributed by atoms with van der Waals surface area (Å²) in [5, 5.41) is 7.57. The molecule has 170 valence electrons. The maximum absolute atomic E-state index is 12.4. The van der Waals surface area contributed by atoms with E-state index in [0.29, 0.717) is 27.7 Å². The van der Waals surface area contributed by atoms with E-state index in [4.69, 9.17) is 11.6 Å². The van der Waals surface area contributed by atoms with Crippen molar-refractivity contribution in [1.29, 1.82) is 0 Å². The van der Waals surface area contributed by atoms with Gasteiger partial charge in [0.15, 0.2) is 0 Å². The van der Waals surface area contributed by atoms with E-state index in [9.17, 15) is 9.59 Å². The van der Waals surface area contributed by atoms with Gasteiger partial charge >= 0.3 is 0 Å². The van der Waals surface area contributed by atoms with Gasteiger partial charge in [-0.25, -0.2) is 5.43 Å². The molecule has 0 saturated carbocycles. The van der Waals surface area contributed by atoms with Crippen molar-refractivity contribution in [2.75, 3.05) is 11.1 Å². The van der Waals surface area contributed by atoms with Gasteiger partial charge in [-0.05, 0) is 62.2 Å². The normalized spacial score (nSPS) is 11.2. The molecule has 2 N–H and O–H groups in total. The molecule has 0 heterocycles. The van der Waals surface area contributed by atoms with Crippen LogP contribution in [0.25, 0.3) is 0 Å². The summed E-state index contributed by atoms with van der Waals surface area (Å²) >= 11 is 7.51. The van der Waals surface area contributed by atoms with Gasteiger partial charge in [0.2, 0.25) is 5.91 Å². The molecule has 0 fully saturated rings. The van der Waals surface area contributed by atoms with E-state index in [1.54, 1.807) is 49.0 Å². The van der Waals surface area contributed by atoms with Crippen molar-refractivity contribution in [3.05, 3.63) is 99.6 Å². The third-order valence-corrected chi connectivity index (χ3v) is 6.00. The minimum atomic E-state index is -0.252. The standard InChI is InChI=1S/C26H26ClN3O2S/c1-17-10-18(2)12-20(11-17)15-33-16-25(31)30-29-19(3)21-6-5-9-24(14-21)28-26(32)22-7-4-8-23(27)13-22/h4-14H,15-16H2,1-3H3,(H,28,32)(H,30,31)/b29-19+. The van der Waals surface area contributed by atoms with Crippen LogP contribution in [-0.2, 0) is 10.5 Å². The topological polar surface area (TPSA) is 70.6 Å². The average Bonchev–Trinajstić information content (AvgIpc) is 2.77. The van der Waals surface area contributed by atoms with Crippen molar-refractivity contribution in [2.24, 2.45) is 5.10 Å². The van der Waals surface area contributed by atoms with Crippen molar-refractivity contribution in [1.82, 2.24) is 5.43 Å². The van der Waals surface area contributed by atoms with Crippen molar-refractivity contribution < 1.29 is 9.59 Å². The molecule has 0 aromatic heterocycles. The highest BCUT2D eigenvalue weighted by Crippen LogP contribution is 2.17. The maximum atomic E-state index is 12.4. The molecule has 0 spiro atoms. The monoisotopic (exact) mass is 479 g/mol. The second-order valence-corrected chi connectivity index (χ2v) is 9.19. The first-order valence-electron chi connectivity index (χ1n) is 10.5. The molecule has 0 aliphatic heterocycles. The molecule has 0 radical (unpaired) electrons. The summed E-state index contributed by atoms with van der Waals surface area (Å²) in [5.41, 5.74) is 8.80. The van der Waals surface area contributed by atoms with Gasteiger partial charge in [-0.15, -0.1) is 11.8 Å². The summed E-state index contributed by atoms with van der Waals surface area (Å²) in [6.07, 6.45) is 0. The number of hydrazone groups is 1. The summed E-state index contributed by atoms with van der Waals surface area (Å²) < 4.78 is 0. The largest absolute Gasteiger partial charge is 0.322 e. The highest BCUT2D eigenvalue weighted by molar-refractivity contribution is 7.99. The first kappa shape index (κ1) is 24.6. The summed E-state index contributed by atoms with van der Waals surface area (Å²) in [7, 11) is 0. The summed E-state index contributed by atoms with van der Waals surface area (Å²) in [6, 6.07) is 20.5. The van der Waals surface area contributed by atoms with Crippen molar-refractivity contribution in [3.63, 3.8) is 0 Å². The Kier molecular flexibility index (Phi) is 8.69. The van der Waals surface area contributed by atoms with Gasteiger partial charge in [0.25, 0.3) is 5.91 Å². The number of carbonyl (C=O) groups is 2. The van der Waals surface area contributed by atoms with E-state index in [-0.39, 0.29) is 11.8 Å². The van der Waals surface area contributed by atoms with E-state index < -0.39 is 0 Å². The molecule has 0 aliphatic rings. The van der Waals surface area contributed by atoms with E-state index in [0.717, 1.165) is 11.3 Å². The minimum absolute atomic E-state index is 0.158. The third kappa shape index (κ3) is 7.77. The number of anilines is 1. The van der Waals surface area contributed by atoms with Crippen LogP contribution >= 0.6 is 23.4 Å². The Morgan fingerprint density at radius 2 is 1.64 bits per heavy atom. The third-order valence-electron chi connectivity index (χ3n) is 4.76. The van der Waals surface area contributed by atoms with E-state index in [1.165, 1.54) is 16.7 Å². The van der Waals surface area contributed by atoms with Crippen molar-refractivity contribution >= 4 is 46.6 Å². The predicted octanol–water partition coefficient (Wildman–Crippen LogP) is 5.98. The first-order valence-corrected chi connectivity index (χ1v) is 12.0. The van der Waals surface area contributed by atoms with Gasteiger partial charge < -0.3 is 5.32 Å². The van der Waals surface area contributed by atoms with Crippen molar-refractivity contribution in [2.45, 2.75) is 26.5 Å².